The Morgan fingerprint density at radius 1 is 1.77 bits per heavy atom. The molecule has 4 nitrogen and oxygen atoms in total. The molecule has 0 fully saturated rings. The number of carbonyl (C=O) groups is 1. The molecule has 0 aromatic carbocycles. The van der Waals surface area contributed by atoms with Gasteiger partial charge >= 0.3 is 5.97 Å². The highest BCUT2D eigenvalue weighted by molar-refractivity contribution is 5.85. The summed E-state index contributed by atoms with van der Waals surface area (Å²) in [6.45, 7) is 5.54. The first-order valence-electron chi connectivity index (χ1n) is 3.76. The molecule has 0 amide bonds. The molecule has 0 rings (SSSR count). The molecule has 0 aromatic rings. The van der Waals surface area contributed by atoms with E-state index in [1.54, 1.807) is 20.0 Å². The topological polar surface area (TPSA) is 58.6 Å². The van der Waals surface area contributed by atoms with Crippen LogP contribution in [0, 0.1) is 0 Å². The van der Waals surface area contributed by atoms with Crippen LogP contribution in [0.15, 0.2) is 12.7 Å². The van der Waals surface area contributed by atoms with Gasteiger partial charge < -0.3 is 15.2 Å². The summed E-state index contributed by atoms with van der Waals surface area (Å²) in [6, 6.07) is -0.662. The first-order valence-corrected chi connectivity index (χ1v) is 3.76. The van der Waals surface area contributed by atoms with Crippen molar-refractivity contribution in [3.63, 3.8) is 0 Å². The summed E-state index contributed by atoms with van der Waals surface area (Å²) in [4.78, 5) is 10.6. The first-order chi connectivity index (χ1) is 5.63. The van der Waals surface area contributed by atoms with E-state index in [4.69, 9.17) is 9.84 Å². The zero-order chi connectivity index (χ0) is 9.56. The van der Waals surface area contributed by atoms with Gasteiger partial charge in [0.2, 0.25) is 0 Å². The molecule has 78 valence electrons. The summed E-state index contributed by atoms with van der Waals surface area (Å²) < 4.78 is 5.14. The van der Waals surface area contributed by atoms with Gasteiger partial charge in [-0.3, -0.25) is 4.79 Å². The number of hydrogen-bond acceptors (Lipinski definition) is 3. The molecule has 13 heavy (non-hydrogen) atoms. The van der Waals surface area contributed by atoms with Crippen molar-refractivity contribution >= 4 is 18.4 Å². The van der Waals surface area contributed by atoms with Gasteiger partial charge in [0.05, 0.1) is 12.7 Å². The molecule has 0 heterocycles. The third kappa shape index (κ3) is 5.63. The van der Waals surface area contributed by atoms with E-state index in [0.717, 1.165) is 0 Å². The van der Waals surface area contributed by atoms with Crippen molar-refractivity contribution in [3.05, 3.63) is 12.7 Å². The van der Waals surface area contributed by atoms with Gasteiger partial charge in [-0.05, 0) is 14.0 Å². The van der Waals surface area contributed by atoms with Gasteiger partial charge in [0.1, 0.15) is 6.04 Å². The minimum absolute atomic E-state index is 0. The van der Waals surface area contributed by atoms with Crippen LogP contribution in [0.4, 0.5) is 0 Å². The Morgan fingerprint density at radius 3 is 2.62 bits per heavy atom. The Bertz CT molecular complexity index is 163. The van der Waals surface area contributed by atoms with Crippen LogP contribution in [0.1, 0.15) is 6.92 Å². The Kier molecular flexibility index (Phi) is 9.22. The lowest BCUT2D eigenvalue weighted by molar-refractivity contribution is -0.143. The molecule has 5 heteroatoms. The minimum atomic E-state index is -0.908. The molecular weight excluding hydrogens is 194 g/mol. The molecule has 0 bridgehead atoms. The molecule has 0 unspecified atom stereocenters. The fourth-order valence-corrected chi connectivity index (χ4v) is 0.875. The van der Waals surface area contributed by atoms with E-state index in [1.165, 1.54) is 0 Å². The van der Waals surface area contributed by atoms with Crippen LogP contribution in [-0.4, -0.2) is 36.9 Å². The SMILES string of the molecule is C=CCO[C@H](C)[C@H](NC)C(=O)O.Cl. The van der Waals surface area contributed by atoms with Gasteiger partial charge in [-0.15, -0.1) is 19.0 Å². The average molecular weight is 210 g/mol. The number of carboxylic acid groups (broad SMARTS) is 1. The van der Waals surface area contributed by atoms with Crippen LogP contribution in [0.25, 0.3) is 0 Å². The van der Waals surface area contributed by atoms with Crippen molar-refractivity contribution in [1.82, 2.24) is 5.32 Å². The lowest BCUT2D eigenvalue weighted by atomic mass is 10.2. The Balaban J connectivity index is 0. The second-order valence-corrected chi connectivity index (χ2v) is 2.43. The molecule has 2 atom stereocenters. The zero-order valence-corrected chi connectivity index (χ0v) is 8.63. The average Bonchev–Trinajstić information content (AvgIpc) is 2.01. The van der Waals surface area contributed by atoms with E-state index in [9.17, 15) is 4.79 Å². The molecule has 0 aliphatic heterocycles. The minimum Gasteiger partial charge on any atom is -0.480 e. The maximum absolute atomic E-state index is 10.6. The van der Waals surface area contributed by atoms with Crippen LogP contribution in [0.3, 0.4) is 0 Å². The summed E-state index contributed by atoms with van der Waals surface area (Å²) in [6.07, 6.45) is 1.23. The molecular formula is C8H16ClNO3. The summed E-state index contributed by atoms with van der Waals surface area (Å²) in [5.74, 6) is -0.908. The molecule has 0 aliphatic rings. The summed E-state index contributed by atoms with van der Waals surface area (Å²) >= 11 is 0. The van der Waals surface area contributed by atoms with Gasteiger partial charge in [-0.1, -0.05) is 6.08 Å². The van der Waals surface area contributed by atoms with Gasteiger partial charge in [0.15, 0.2) is 0 Å². The van der Waals surface area contributed by atoms with Crippen molar-refractivity contribution in [2.45, 2.75) is 19.1 Å². The third-order valence-electron chi connectivity index (χ3n) is 1.52. The van der Waals surface area contributed by atoms with Crippen molar-refractivity contribution in [2.24, 2.45) is 0 Å². The standard InChI is InChI=1S/C8H15NO3.ClH/c1-4-5-12-6(2)7(9-3)8(10)11;/h4,6-7,9H,1,5H2,2-3H3,(H,10,11);1H/t6-,7+;/m1./s1. The van der Waals surface area contributed by atoms with E-state index in [1.807, 2.05) is 0 Å². The van der Waals surface area contributed by atoms with E-state index in [-0.39, 0.29) is 18.5 Å². The van der Waals surface area contributed by atoms with Crippen LogP contribution < -0.4 is 5.32 Å². The van der Waals surface area contributed by atoms with Gasteiger partial charge in [0, 0.05) is 0 Å². The fourth-order valence-electron chi connectivity index (χ4n) is 0.875. The second-order valence-electron chi connectivity index (χ2n) is 2.43. The number of likely N-dealkylation sites (N-methyl/N-ethyl adjacent to an activating group) is 1. The number of nitrogens with one attached hydrogen (secondary N) is 1. The fraction of sp³-hybridized carbons (Fsp3) is 0.625. The summed E-state index contributed by atoms with van der Waals surface area (Å²) in [5.41, 5.74) is 0. The van der Waals surface area contributed by atoms with Crippen molar-refractivity contribution in [3.8, 4) is 0 Å². The number of hydrogen-bond donors (Lipinski definition) is 2. The predicted molar refractivity (Wildman–Crippen MR) is 53.3 cm³/mol. The largest absolute Gasteiger partial charge is 0.480 e. The maximum atomic E-state index is 10.6. The predicted octanol–water partition coefficient (Wildman–Crippen LogP) is 0.672. The quantitative estimate of drug-likeness (QED) is 0.632. The van der Waals surface area contributed by atoms with Crippen molar-refractivity contribution < 1.29 is 14.6 Å². The lowest BCUT2D eigenvalue weighted by Gasteiger charge is -2.18. The Hall–Kier alpha value is -0.580. The van der Waals surface area contributed by atoms with Gasteiger partial charge in [-0.2, -0.15) is 0 Å². The monoisotopic (exact) mass is 209 g/mol. The normalized spacial score (nSPS) is 14.0. The van der Waals surface area contributed by atoms with E-state index in [2.05, 4.69) is 11.9 Å². The number of ether oxygens (including phenoxy) is 1. The molecule has 0 aromatic heterocycles. The van der Waals surface area contributed by atoms with Gasteiger partial charge in [-0.25, -0.2) is 0 Å². The lowest BCUT2D eigenvalue weighted by Crippen LogP contribution is -2.44. The molecule has 0 saturated heterocycles. The van der Waals surface area contributed by atoms with Gasteiger partial charge in [0.25, 0.3) is 0 Å². The van der Waals surface area contributed by atoms with E-state index < -0.39 is 12.0 Å². The van der Waals surface area contributed by atoms with Crippen molar-refractivity contribution in [1.29, 1.82) is 0 Å². The highest BCUT2D eigenvalue weighted by Crippen LogP contribution is 1.98. The van der Waals surface area contributed by atoms with Crippen LogP contribution in [0.2, 0.25) is 0 Å². The molecule has 0 saturated carbocycles. The number of halogens is 1. The number of aliphatic carboxylic acids is 1. The molecule has 0 radical (unpaired) electrons. The first kappa shape index (κ1) is 14.9. The summed E-state index contributed by atoms with van der Waals surface area (Å²) in [5, 5.41) is 11.3. The Morgan fingerprint density at radius 2 is 2.31 bits per heavy atom. The maximum Gasteiger partial charge on any atom is 0.323 e. The molecule has 2 N–H and O–H groups in total. The number of carboxylic acids is 1. The molecule has 0 spiro atoms. The Labute approximate surface area is 84.4 Å². The van der Waals surface area contributed by atoms with Crippen LogP contribution in [-0.2, 0) is 9.53 Å². The van der Waals surface area contributed by atoms with E-state index >= 15 is 0 Å². The van der Waals surface area contributed by atoms with Crippen molar-refractivity contribution in [2.75, 3.05) is 13.7 Å². The smallest absolute Gasteiger partial charge is 0.323 e. The van der Waals surface area contributed by atoms with Crippen LogP contribution in [0.5, 0.6) is 0 Å². The van der Waals surface area contributed by atoms with Crippen LogP contribution >= 0.6 is 12.4 Å². The highest BCUT2D eigenvalue weighted by atomic mass is 35.5. The summed E-state index contributed by atoms with van der Waals surface area (Å²) in [7, 11) is 1.59. The highest BCUT2D eigenvalue weighted by Gasteiger charge is 2.22. The third-order valence-corrected chi connectivity index (χ3v) is 1.52. The second kappa shape index (κ2) is 8.04. The number of rotatable bonds is 6. The van der Waals surface area contributed by atoms with E-state index in [0.29, 0.717) is 6.61 Å². The molecule has 0 aliphatic carbocycles. The zero-order valence-electron chi connectivity index (χ0n) is 7.82.